The van der Waals surface area contributed by atoms with Crippen LogP contribution < -0.4 is 39.3 Å². The minimum atomic E-state index is -1.24. The maximum Gasteiger partial charge on any atom is 0.326 e. The minimum absolute atomic E-state index is 0.0858. The first-order chi connectivity index (χ1) is 13.6. The average Bonchev–Trinajstić information content (AvgIpc) is 2.62. The Balaban J connectivity index is 5.00. The van der Waals surface area contributed by atoms with Crippen molar-refractivity contribution < 1.29 is 24.3 Å². The molecule has 166 valence electrons. The molecule has 0 unspecified atom stereocenters. The third-order valence-electron chi connectivity index (χ3n) is 3.90. The fourth-order valence-corrected chi connectivity index (χ4v) is 2.38. The summed E-state index contributed by atoms with van der Waals surface area (Å²) in [5.74, 6) is -3.54. The van der Waals surface area contributed by atoms with E-state index in [-0.39, 0.29) is 31.8 Å². The predicted octanol–water partition coefficient (Wildman–Crippen LogP) is -3.57. The summed E-state index contributed by atoms with van der Waals surface area (Å²) >= 11 is 0. The molecule has 0 rings (SSSR count). The molecule has 0 fully saturated rings. The van der Waals surface area contributed by atoms with Gasteiger partial charge < -0.3 is 44.4 Å². The number of carbonyl (C=O) groups is 4. The van der Waals surface area contributed by atoms with Crippen molar-refractivity contribution in [2.75, 3.05) is 13.1 Å². The number of aliphatic carboxylic acids is 1. The van der Waals surface area contributed by atoms with Gasteiger partial charge in [0, 0.05) is 6.54 Å². The second-order valence-electron chi connectivity index (χ2n) is 6.47. The van der Waals surface area contributed by atoms with Crippen molar-refractivity contribution in [3.05, 3.63) is 0 Å². The highest BCUT2D eigenvalue weighted by Crippen LogP contribution is 2.05. The second-order valence-corrected chi connectivity index (χ2v) is 6.47. The number of carbonyl (C=O) groups excluding carboxylic acids is 3. The van der Waals surface area contributed by atoms with Gasteiger partial charge in [-0.15, -0.1) is 0 Å². The summed E-state index contributed by atoms with van der Waals surface area (Å²) < 4.78 is 0. The van der Waals surface area contributed by atoms with E-state index in [4.69, 9.17) is 28.7 Å². The van der Waals surface area contributed by atoms with Gasteiger partial charge in [-0.1, -0.05) is 0 Å². The van der Waals surface area contributed by atoms with Crippen LogP contribution in [0.3, 0.4) is 0 Å². The standard InChI is InChI=1S/C16H32N8O5/c17-6-2-1-4-10(23-13(26)9(18)8-12(19)25)14(27)24-11(15(28)29)5-3-7-22-16(20)21/h9-11H,1-8,17-18H2,(H2,19,25)(H,23,26)(H,24,27)(H,28,29)(H4,20,21,22)/t9-,10-,11-/m0/s1. The Bertz CT molecular complexity index is 594. The highest BCUT2D eigenvalue weighted by Gasteiger charge is 2.27. The van der Waals surface area contributed by atoms with Crippen LogP contribution in [0.25, 0.3) is 0 Å². The summed E-state index contributed by atoms with van der Waals surface area (Å²) in [6, 6.07) is -3.44. The zero-order valence-electron chi connectivity index (χ0n) is 16.3. The molecule has 0 radical (unpaired) electrons. The zero-order chi connectivity index (χ0) is 22.4. The van der Waals surface area contributed by atoms with Crippen LogP contribution in [0.2, 0.25) is 0 Å². The summed E-state index contributed by atoms with van der Waals surface area (Å²) in [5.41, 5.74) is 26.4. The molecule has 0 bridgehead atoms. The number of aliphatic imine (C=N–C) groups is 1. The van der Waals surface area contributed by atoms with E-state index in [1.165, 1.54) is 0 Å². The van der Waals surface area contributed by atoms with Gasteiger partial charge in [0.2, 0.25) is 17.7 Å². The summed E-state index contributed by atoms with van der Waals surface area (Å²) in [5, 5.41) is 14.1. The number of carboxylic acids is 1. The maximum atomic E-state index is 12.6. The smallest absolute Gasteiger partial charge is 0.326 e. The predicted molar refractivity (Wildman–Crippen MR) is 106 cm³/mol. The van der Waals surface area contributed by atoms with Gasteiger partial charge in [0.1, 0.15) is 12.1 Å². The Hall–Kier alpha value is -2.93. The van der Waals surface area contributed by atoms with E-state index in [9.17, 15) is 24.3 Å². The van der Waals surface area contributed by atoms with Crippen LogP contribution in [0, 0.1) is 0 Å². The Labute approximate surface area is 168 Å². The lowest BCUT2D eigenvalue weighted by atomic mass is 10.1. The molecule has 3 amide bonds. The number of rotatable bonds is 15. The Morgan fingerprint density at radius 1 is 0.897 bits per heavy atom. The van der Waals surface area contributed by atoms with Crippen molar-refractivity contribution in [2.24, 2.45) is 33.7 Å². The topological polar surface area (TPSA) is 255 Å². The maximum absolute atomic E-state index is 12.6. The first kappa shape index (κ1) is 26.1. The van der Waals surface area contributed by atoms with Crippen LogP contribution in [0.1, 0.15) is 38.5 Å². The third kappa shape index (κ3) is 12.2. The molecule has 29 heavy (non-hydrogen) atoms. The third-order valence-corrected chi connectivity index (χ3v) is 3.90. The first-order valence-electron chi connectivity index (χ1n) is 9.21. The fourth-order valence-electron chi connectivity index (χ4n) is 2.38. The molecule has 0 aromatic rings. The molecule has 0 saturated heterocycles. The van der Waals surface area contributed by atoms with Crippen LogP contribution in [-0.2, 0) is 19.2 Å². The van der Waals surface area contributed by atoms with Gasteiger partial charge in [-0.25, -0.2) is 4.79 Å². The van der Waals surface area contributed by atoms with Gasteiger partial charge in [-0.3, -0.25) is 19.4 Å². The lowest BCUT2D eigenvalue weighted by molar-refractivity contribution is -0.142. The van der Waals surface area contributed by atoms with Gasteiger partial charge in [0.05, 0.1) is 12.5 Å². The van der Waals surface area contributed by atoms with Crippen molar-refractivity contribution in [3.8, 4) is 0 Å². The Kier molecular flexibility index (Phi) is 12.7. The van der Waals surface area contributed by atoms with Crippen molar-refractivity contribution in [1.82, 2.24) is 10.6 Å². The van der Waals surface area contributed by atoms with E-state index in [1.807, 2.05) is 0 Å². The summed E-state index contributed by atoms with van der Waals surface area (Å²) in [7, 11) is 0. The van der Waals surface area contributed by atoms with Crippen molar-refractivity contribution in [2.45, 2.75) is 56.7 Å². The number of amides is 3. The molecule has 13 N–H and O–H groups in total. The van der Waals surface area contributed by atoms with Crippen molar-refractivity contribution in [1.29, 1.82) is 0 Å². The Morgan fingerprint density at radius 3 is 2.00 bits per heavy atom. The highest BCUT2D eigenvalue weighted by atomic mass is 16.4. The number of primary amides is 1. The first-order valence-corrected chi connectivity index (χ1v) is 9.21. The monoisotopic (exact) mass is 416 g/mol. The van der Waals surface area contributed by atoms with E-state index in [2.05, 4.69) is 15.6 Å². The number of carboxylic acid groups (broad SMARTS) is 1. The SMILES string of the molecule is NCCCC[C@H](NC(=O)[C@@H](N)CC(N)=O)C(=O)N[C@@H](CCCN=C(N)N)C(=O)O. The molecule has 0 aromatic heterocycles. The van der Waals surface area contributed by atoms with Crippen LogP contribution in [0.15, 0.2) is 4.99 Å². The van der Waals surface area contributed by atoms with E-state index < -0.39 is 41.8 Å². The van der Waals surface area contributed by atoms with Gasteiger partial charge in [0.25, 0.3) is 0 Å². The largest absolute Gasteiger partial charge is 0.480 e. The molecule has 0 aliphatic rings. The van der Waals surface area contributed by atoms with Crippen LogP contribution in [0.5, 0.6) is 0 Å². The second kappa shape index (κ2) is 14.1. The summed E-state index contributed by atoms with van der Waals surface area (Å²) in [4.78, 5) is 50.8. The van der Waals surface area contributed by atoms with Gasteiger partial charge in [-0.05, 0) is 38.6 Å². The normalized spacial score (nSPS) is 13.6. The molecule has 0 aliphatic heterocycles. The van der Waals surface area contributed by atoms with Gasteiger partial charge in [0.15, 0.2) is 5.96 Å². The average molecular weight is 416 g/mol. The molecule has 0 heterocycles. The van der Waals surface area contributed by atoms with Crippen LogP contribution in [-0.4, -0.2) is 66.0 Å². The lowest BCUT2D eigenvalue weighted by Crippen LogP contribution is -2.54. The summed E-state index contributed by atoms with van der Waals surface area (Å²) in [6.45, 7) is 0.604. The molecule has 0 saturated carbocycles. The molecular weight excluding hydrogens is 384 g/mol. The number of nitrogens with zero attached hydrogens (tertiary/aromatic N) is 1. The minimum Gasteiger partial charge on any atom is -0.480 e. The molecular formula is C16H32N8O5. The number of unbranched alkanes of at least 4 members (excludes halogenated alkanes) is 1. The lowest BCUT2D eigenvalue weighted by Gasteiger charge is -2.22. The van der Waals surface area contributed by atoms with E-state index in [0.29, 0.717) is 25.8 Å². The number of hydrogen-bond donors (Lipinski definition) is 8. The highest BCUT2D eigenvalue weighted by molar-refractivity contribution is 5.93. The number of nitrogens with two attached hydrogens (primary N) is 5. The van der Waals surface area contributed by atoms with E-state index in [1.54, 1.807) is 0 Å². The van der Waals surface area contributed by atoms with Crippen LogP contribution in [0.4, 0.5) is 0 Å². The van der Waals surface area contributed by atoms with Crippen molar-refractivity contribution >= 4 is 29.7 Å². The molecule has 0 spiro atoms. The van der Waals surface area contributed by atoms with Gasteiger partial charge in [-0.2, -0.15) is 0 Å². The molecule has 0 aromatic carbocycles. The molecule has 13 heteroatoms. The van der Waals surface area contributed by atoms with E-state index in [0.717, 1.165) is 0 Å². The quantitative estimate of drug-likeness (QED) is 0.0744. The zero-order valence-corrected chi connectivity index (χ0v) is 16.3. The molecule has 0 aliphatic carbocycles. The van der Waals surface area contributed by atoms with E-state index >= 15 is 0 Å². The molecule has 3 atom stereocenters. The molecule has 13 nitrogen and oxygen atoms in total. The van der Waals surface area contributed by atoms with Crippen LogP contribution >= 0.6 is 0 Å². The van der Waals surface area contributed by atoms with Crippen molar-refractivity contribution in [3.63, 3.8) is 0 Å². The fraction of sp³-hybridized carbons (Fsp3) is 0.688. The Morgan fingerprint density at radius 2 is 1.48 bits per heavy atom. The number of hydrogen-bond acceptors (Lipinski definition) is 7. The number of nitrogens with one attached hydrogen (secondary N) is 2. The number of guanidine groups is 1. The summed E-state index contributed by atoms with van der Waals surface area (Å²) in [6.07, 6.45) is 1.37. The van der Waals surface area contributed by atoms with Gasteiger partial charge >= 0.3 is 5.97 Å².